The number of imide groups is 1. The fourth-order valence-corrected chi connectivity index (χ4v) is 2.29. The summed E-state index contributed by atoms with van der Waals surface area (Å²) in [6, 6.07) is -0.992. The van der Waals surface area contributed by atoms with Crippen molar-refractivity contribution < 1.29 is 19.2 Å². The number of carbonyl (C=O) groups is 4. The number of primary amides is 2. The van der Waals surface area contributed by atoms with Crippen LogP contribution in [0.2, 0.25) is 0 Å². The highest BCUT2D eigenvalue weighted by Crippen LogP contribution is 2.29. The monoisotopic (exact) mass is 312 g/mol. The summed E-state index contributed by atoms with van der Waals surface area (Å²) < 4.78 is -1.13. The van der Waals surface area contributed by atoms with Gasteiger partial charge in [-0.3, -0.25) is 14.4 Å². The van der Waals surface area contributed by atoms with Crippen LogP contribution >= 0.6 is 11.3 Å². The molecule has 1 atom stereocenters. The number of urea groups is 1. The lowest BCUT2D eigenvalue weighted by Crippen LogP contribution is -2.65. The summed E-state index contributed by atoms with van der Waals surface area (Å²) in [5.41, 5.74) is 14.9. The van der Waals surface area contributed by atoms with Gasteiger partial charge in [0, 0.05) is 0 Å². The zero-order valence-corrected chi connectivity index (χ0v) is 11.2. The van der Waals surface area contributed by atoms with E-state index in [9.17, 15) is 19.2 Å². The quantitative estimate of drug-likeness (QED) is 0.449. The van der Waals surface area contributed by atoms with Crippen LogP contribution in [0, 0.1) is 0 Å². The van der Waals surface area contributed by atoms with Gasteiger partial charge in [-0.25, -0.2) is 10.1 Å². The Morgan fingerprint density at radius 2 is 2.00 bits per heavy atom. The summed E-state index contributed by atoms with van der Waals surface area (Å²) >= 11 is 0.985. The molecule has 0 bridgehead atoms. The molecular formula is C9H10N7O4S+. The third-order valence-corrected chi connectivity index (χ3v) is 3.21. The summed E-state index contributed by atoms with van der Waals surface area (Å²) in [5.74, 6) is -3.18. The van der Waals surface area contributed by atoms with E-state index in [0.717, 1.165) is 11.3 Å². The first-order chi connectivity index (χ1) is 9.76. The van der Waals surface area contributed by atoms with Crippen LogP contribution in [0.1, 0.15) is 0 Å². The van der Waals surface area contributed by atoms with E-state index in [2.05, 4.69) is 10.1 Å². The van der Waals surface area contributed by atoms with Gasteiger partial charge in [-0.2, -0.15) is 4.98 Å². The number of nitrogen functional groups attached to an aromatic ring is 1. The molecule has 12 heteroatoms. The molecule has 110 valence electrons. The lowest BCUT2D eigenvalue weighted by atomic mass is 10.3. The first-order valence-corrected chi connectivity index (χ1v) is 6.28. The Bertz CT molecular complexity index is 696. The van der Waals surface area contributed by atoms with Crippen LogP contribution in [-0.2, 0) is 14.4 Å². The van der Waals surface area contributed by atoms with E-state index in [-0.39, 0.29) is 10.9 Å². The van der Waals surface area contributed by atoms with Crippen molar-refractivity contribution in [2.75, 3.05) is 12.3 Å². The number of hydrogen-bond donors (Lipinski definition) is 4. The van der Waals surface area contributed by atoms with E-state index < -0.39 is 40.6 Å². The minimum absolute atomic E-state index is 0.0555. The first kappa shape index (κ1) is 14.5. The number of carbonyl (C=O) groups excluding carboxylic acids is 4. The van der Waals surface area contributed by atoms with Crippen molar-refractivity contribution in [3.63, 3.8) is 0 Å². The Morgan fingerprint density at radius 3 is 2.48 bits per heavy atom. The number of nitrogens with zero attached hydrogens (tertiary/aromatic N) is 3. The fourth-order valence-electron chi connectivity index (χ4n) is 1.69. The van der Waals surface area contributed by atoms with Crippen LogP contribution < -0.4 is 27.1 Å². The number of anilines is 1. The molecule has 0 aromatic carbocycles. The molecule has 11 nitrogen and oxygen atoms in total. The third-order valence-electron chi connectivity index (χ3n) is 2.55. The molecule has 2 rings (SSSR count). The van der Waals surface area contributed by atoms with Gasteiger partial charge in [0.05, 0.1) is 5.38 Å². The largest absolute Gasteiger partial charge is 0.457 e. The molecule has 2 heterocycles. The normalized spacial score (nSPS) is 21.6. The Labute approximate surface area is 121 Å². The minimum atomic E-state index is -1.16. The summed E-state index contributed by atoms with van der Waals surface area (Å²) in [5, 5.41) is 7.06. The average Bonchev–Trinajstić information content (AvgIpc) is 2.79. The standard InChI is InChI=1S/C9H9N7O4S/c10-3(17)1-16(4-2-21-8(12)13-4)9(20)14-7(19)5(15-16)6(11)18/h2H,1H2,(H6-,10,11,12,13,14,17,18,19,20)/p+1. The van der Waals surface area contributed by atoms with Crippen LogP contribution in [0.15, 0.2) is 10.5 Å². The van der Waals surface area contributed by atoms with Crippen LogP contribution in [-0.4, -0.2) is 41.0 Å². The van der Waals surface area contributed by atoms with Crippen molar-refractivity contribution in [3.8, 4) is 0 Å². The maximum atomic E-state index is 12.1. The highest BCUT2D eigenvalue weighted by molar-refractivity contribution is 7.13. The van der Waals surface area contributed by atoms with Crippen LogP contribution in [0.4, 0.5) is 15.7 Å². The topological polar surface area (TPSA) is 184 Å². The Kier molecular flexibility index (Phi) is 3.40. The third kappa shape index (κ3) is 2.44. The zero-order chi connectivity index (χ0) is 15.8. The van der Waals surface area contributed by atoms with Gasteiger partial charge in [-0.1, -0.05) is 21.0 Å². The van der Waals surface area contributed by atoms with Crippen LogP contribution in [0.5, 0.6) is 0 Å². The minimum Gasteiger partial charge on any atom is -0.375 e. The second kappa shape index (κ2) is 4.92. The van der Waals surface area contributed by atoms with Gasteiger partial charge in [-0.05, 0) is 0 Å². The second-order valence-corrected chi connectivity index (χ2v) is 4.90. The number of nitrogens with one attached hydrogen (secondary N) is 1. The van der Waals surface area contributed by atoms with E-state index in [1.165, 1.54) is 5.38 Å². The molecule has 0 saturated carbocycles. The molecule has 21 heavy (non-hydrogen) atoms. The van der Waals surface area contributed by atoms with Crippen LogP contribution in [0.3, 0.4) is 0 Å². The van der Waals surface area contributed by atoms with Crippen molar-refractivity contribution >= 4 is 51.8 Å². The number of hydrogen-bond acceptors (Lipinski definition) is 8. The first-order valence-electron chi connectivity index (χ1n) is 5.40. The molecule has 1 aromatic heterocycles. The Balaban J connectivity index is 2.68. The molecule has 0 saturated heterocycles. The van der Waals surface area contributed by atoms with Gasteiger partial charge in [0.2, 0.25) is 5.71 Å². The number of amides is 5. The van der Waals surface area contributed by atoms with Crippen molar-refractivity contribution in [3.05, 3.63) is 5.38 Å². The van der Waals surface area contributed by atoms with Crippen molar-refractivity contribution in [1.29, 1.82) is 0 Å². The van der Waals surface area contributed by atoms with E-state index in [0.29, 0.717) is 0 Å². The Hall–Kier alpha value is -2.86. The van der Waals surface area contributed by atoms with Gasteiger partial charge in [0.15, 0.2) is 11.7 Å². The number of nitrogens with two attached hydrogens (primary N) is 3. The Morgan fingerprint density at radius 1 is 1.33 bits per heavy atom. The van der Waals surface area contributed by atoms with Gasteiger partial charge in [0.25, 0.3) is 23.5 Å². The molecule has 5 amide bonds. The molecule has 0 aliphatic carbocycles. The molecule has 1 aliphatic heterocycles. The number of thiazole rings is 1. The van der Waals surface area contributed by atoms with Crippen molar-refractivity contribution in [1.82, 2.24) is 14.9 Å². The number of quaternary nitrogens is 1. The maximum Gasteiger partial charge on any atom is 0.457 e. The second-order valence-electron chi connectivity index (χ2n) is 4.01. The summed E-state index contributed by atoms with van der Waals surface area (Å²) in [7, 11) is 0. The lowest BCUT2D eigenvalue weighted by molar-refractivity contribution is -0.120. The van der Waals surface area contributed by atoms with Crippen LogP contribution in [0.25, 0.3) is 0 Å². The molecule has 1 aromatic rings. The van der Waals surface area contributed by atoms with E-state index in [1.807, 2.05) is 5.32 Å². The van der Waals surface area contributed by atoms with Gasteiger partial charge in [0.1, 0.15) is 0 Å². The molecule has 1 unspecified atom stereocenters. The highest BCUT2D eigenvalue weighted by atomic mass is 32.1. The highest BCUT2D eigenvalue weighted by Gasteiger charge is 2.51. The molecule has 1 aliphatic rings. The molecular weight excluding hydrogens is 302 g/mol. The smallest absolute Gasteiger partial charge is 0.375 e. The maximum absolute atomic E-state index is 12.1. The van der Waals surface area contributed by atoms with Crippen molar-refractivity contribution in [2.24, 2.45) is 16.6 Å². The van der Waals surface area contributed by atoms with Gasteiger partial charge >= 0.3 is 6.03 Å². The lowest BCUT2D eigenvalue weighted by Gasteiger charge is -2.28. The number of rotatable bonds is 4. The SMILES string of the molecule is NC(=O)C[N+]1(c2csc(N)n2)N=C(C(N)=O)C(=O)NC1=O. The van der Waals surface area contributed by atoms with Gasteiger partial charge < -0.3 is 17.2 Å². The van der Waals surface area contributed by atoms with E-state index in [1.54, 1.807) is 0 Å². The summed E-state index contributed by atoms with van der Waals surface area (Å²) in [6.45, 7) is -0.654. The summed E-state index contributed by atoms with van der Waals surface area (Å²) in [4.78, 5) is 50.0. The van der Waals surface area contributed by atoms with E-state index in [4.69, 9.17) is 17.2 Å². The van der Waals surface area contributed by atoms with E-state index >= 15 is 0 Å². The van der Waals surface area contributed by atoms with Crippen molar-refractivity contribution in [2.45, 2.75) is 0 Å². The molecule has 0 fully saturated rings. The molecule has 0 radical (unpaired) electrons. The molecule has 7 N–H and O–H groups in total. The predicted octanol–water partition coefficient (Wildman–Crippen LogP) is -2.39. The average molecular weight is 312 g/mol. The number of aromatic nitrogens is 1. The van der Waals surface area contributed by atoms with Gasteiger partial charge in [-0.15, -0.1) is 0 Å². The predicted molar refractivity (Wildman–Crippen MR) is 72.5 cm³/mol. The molecule has 0 spiro atoms. The zero-order valence-electron chi connectivity index (χ0n) is 10.4. The fraction of sp³-hybridized carbons (Fsp3) is 0.111. The summed E-state index contributed by atoms with van der Waals surface area (Å²) in [6.07, 6.45) is 0.